The van der Waals surface area contributed by atoms with Crippen molar-refractivity contribution in [3.63, 3.8) is 0 Å². The summed E-state index contributed by atoms with van der Waals surface area (Å²) in [6.45, 7) is 3.67. The highest BCUT2D eigenvalue weighted by molar-refractivity contribution is 5.64. The third-order valence-electron chi connectivity index (χ3n) is 7.46. The number of likely N-dealkylation sites (tertiary alicyclic amines) is 1. The highest BCUT2D eigenvalue weighted by Crippen LogP contribution is 2.43. The molecular formula is C24H30N4O3. The fourth-order valence-electron chi connectivity index (χ4n) is 5.64. The topological polar surface area (TPSA) is 72.6 Å². The largest absolute Gasteiger partial charge is 0.497 e. The lowest BCUT2D eigenvalue weighted by Gasteiger charge is -2.35. The van der Waals surface area contributed by atoms with E-state index in [1.807, 2.05) is 22.9 Å². The second-order valence-electron chi connectivity index (χ2n) is 9.71. The van der Waals surface area contributed by atoms with Gasteiger partial charge in [0.05, 0.1) is 24.9 Å². The average Bonchev–Trinajstić information content (AvgIpc) is 3.38. The lowest BCUT2D eigenvalue weighted by molar-refractivity contribution is 0.0298. The molecule has 1 N–H and O–H groups in total. The number of ether oxygens (including phenoxy) is 2. The van der Waals surface area contributed by atoms with E-state index >= 15 is 0 Å². The number of fused-ring (bicyclic) bond motifs is 2. The molecule has 6 rings (SSSR count). The standard InChI is InChI=1S/C24H30N4O3/c1-30-20-4-5-24-17(7-20)6-15(14-31-24)10-27-11-18-8-22(23(29)9-19(18)12-27)28-13-21(25-26-28)16-2-3-16/h4-7,13,16,18-19,22-23,29H,2-3,8-12,14H2,1H3/t18-,19+,22-,23-/m1/s1. The van der Waals surface area contributed by atoms with Crippen molar-refractivity contribution >= 4 is 6.08 Å². The number of nitrogens with zero attached hydrogens (tertiary/aromatic N) is 4. The molecule has 3 heterocycles. The fourth-order valence-corrected chi connectivity index (χ4v) is 5.64. The van der Waals surface area contributed by atoms with E-state index in [0.717, 1.165) is 55.2 Å². The fraction of sp³-hybridized carbons (Fsp3) is 0.583. The second-order valence-corrected chi connectivity index (χ2v) is 9.71. The van der Waals surface area contributed by atoms with Crippen molar-refractivity contribution in [3.8, 4) is 11.5 Å². The zero-order valence-corrected chi connectivity index (χ0v) is 18.0. The molecule has 3 fully saturated rings. The van der Waals surface area contributed by atoms with Crippen LogP contribution in [0.15, 0.2) is 30.0 Å². The van der Waals surface area contributed by atoms with Crippen molar-refractivity contribution in [1.82, 2.24) is 19.9 Å². The molecule has 7 nitrogen and oxygen atoms in total. The van der Waals surface area contributed by atoms with E-state index in [-0.39, 0.29) is 12.1 Å². The van der Waals surface area contributed by atoms with Gasteiger partial charge in [0.15, 0.2) is 0 Å². The maximum absolute atomic E-state index is 10.8. The lowest BCUT2D eigenvalue weighted by atomic mass is 9.77. The van der Waals surface area contributed by atoms with Gasteiger partial charge in [0, 0.05) is 37.3 Å². The van der Waals surface area contributed by atoms with Crippen molar-refractivity contribution in [2.75, 3.05) is 33.4 Å². The van der Waals surface area contributed by atoms with E-state index in [0.29, 0.717) is 24.4 Å². The summed E-state index contributed by atoms with van der Waals surface area (Å²) in [7, 11) is 1.69. The summed E-state index contributed by atoms with van der Waals surface area (Å²) in [4.78, 5) is 2.53. The first-order valence-electron chi connectivity index (χ1n) is 11.5. The summed E-state index contributed by atoms with van der Waals surface area (Å²) in [5, 5.41) is 19.6. The van der Waals surface area contributed by atoms with Crippen LogP contribution in [0.1, 0.15) is 48.9 Å². The Bertz CT molecular complexity index is 998. The Kier molecular flexibility index (Phi) is 4.76. The van der Waals surface area contributed by atoms with Gasteiger partial charge < -0.3 is 14.6 Å². The maximum Gasteiger partial charge on any atom is 0.127 e. The minimum Gasteiger partial charge on any atom is -0.497 e. The van der Waals surface area contributed by atoms with Gasteiger partial charge in [-0.3, -0.25) is 4.90 Å². The first kappa shape index (κ1) is 19.3. The van der Waals surface area contributed by atoms with Crippen molar-refractivity contribution in [2.24, 2.45) is 11.8 Å². The molecule has 2 aliphatic carbocycles. The molecule has 1 aromatic carbocycles. The van der Waals surface area contributed by atoms with Crippen LogP contribution in [0, 0.1) is 11.8 Å². The third-order valence-corrected chi connectivity index (χ3v) is 7.46. The molecule has 0 radical (unpaired) electrons. The highest BCUT2D eigenvalue weighted by Gasteiger charge is 2.43. The molecule has 1 aromatic heterocycles. The van der Waals surface area contributed by atoms with Gasteiger partial charge in [-0.15, -0.1) is 5.10 Å². The molecule has 0 spiro atoms. The van der Waals surface area contributed by atoms with Crippen LogP contribution in [0.2, 0.25) is 0 Å². The van der Waals surface area contributed by atoms with Crippen LogP contribution in [0.25, 0.3) is 6.08 Å². The Hall–Kier alpha value is -2.38. The summed E-state index contributed by atoms with van der Waals surface area (Å²) in [5.74, 6) is 3.52. The van der Waals surface area contributed by atoms with E-state index in [2.05, 4.69) is 27.5 Å². The molecule has 0 bridgehead atoms. The Morgan fingerprint density at radius 1 is 1.19 bits per heavy atom. The van der Waals surface area contributed by atoms with Crippen LogP contribution < -0.4 is 9.47 Å². The van der Waals surface area contributed by atoms with Gasteiger partial charge in [-0.05, 0) is 67.4 Å². The summed E-state index contributed by atoms with van der Waals surface area (Å²) >= 11 is 0. The van der Waals surface area contributed by atoms with Gasteiger partial charge in [0.1, 0.15) is 18.1 Å². The quantitative estimate of drug-likeness (QED) is 0.799. The zero-order valence-electron chi connectivity index (χ0n) is 18.0. The molecule has 2 saturated carbocycles. The molecule has 2 aromatic rings. The van der Waals surface area contributed by atoms with Crippen LogP contribution in [-0.2, 0) is 0 Å². The van der Waals surface area contributed by atoms with Gasteiger partial charge in [0.2, 0.25) is 0 Å². The van der Waals surface area contributed by atoms with Crippen LogP contribution in [-0.4, -0.2) is 64.5 Å². The van der Waals surface area contributed by atoms with E-state index in [1.165, 1.54) is 18.4 Å². The summed E-state index contributed by atoms with van der Waals surface area (Å²) in [6, 6.07) is 6.00. The summed E-state index contributed by atoms with van der Waals surface area (Å²) < 4.78 is 13.3. The van der Waals surface area contributed by atoms with Gasteiger partial charge >= 0.3 is 0 Å². The van der Waals surface area contributed by atoms with E-state index < -0.39 is 0 Å². The molecular weight excluding hydrogens is 392 g/mol. The molecule has 4 aliphatic rings. The van der Waals surface area contributed by atoms with E-state index in [1.54, 1.807) is 7.11 Å². The van der Waals surface area contributed by atoms with Crippen molar-refractivity contribution < 1.29 is 14.6 Å². The molecule has 164 valence electrons. The molecule has 0 unspecified atom stereocenters. The van der Waals surface area contributed by atoms with E-state index in [4.69, 9.17) is 9.47 Å². The number of aromatic nitrogens is 3. The molecule has 31 heavy (non-hydrogen) atoms. The molecule has 2 aliphatic heterocycles. The Labute approximate surface area is 182 Å². The second kappa shape index (κ2) is 7.64. The Balaban J connectivity index is 1.12. The number of hydrogen-bond donors (Lipinski definition) is 1. The molecule has 7 heteroatoms. The van der Waals surface area contributed by atoms with Gasteiger partial charge in [-0.25, -0.2) is 4.68 Å². The van der Waals surface area contributed by atoms with Crippen LogP contribution in [0.5, 0.6) is 11.5 Å². The predicted molar refractivity (Wildman–Crippen MR) is 116 cm³/mol. The van der Waals surface area contributed by atoms with Crippen LogP contribution >= 0.6 is 0 Å². The number of benzene rings is 1. The smallest absolute Gasteiger partial charge is 0.127 e. The number of aliphatic hydroxyl groups excluding tert-OH is 1. The first-order valence-corrected chi connectivity index (χ1v) is 11.5. The molecule has 1 saturated heterocycles. The van der Waals surface area contributed by atoms with Crippen molar-refractivity contribution in [1.29, 1.82) is 0 Å². The maximum atomic E-state index is 10.8. The first-order chi connectivity index (χ1) is 15.2. The van der Waals surface area contributed by atoms with Gasteiger partial charge in [0.25, 0.3) is 0 Å². The molecule has 0 amide bonds. The Morgan fingerprint density at radius 2 is 2.03 bits per heavy atom. The number of rotatable bonds is 5. The van der Waals surface area contributed by atoms with Crippen molar-refractivity contribution in [2.45, 2.75) is 43.7 Å². The van der Waals surface area contributed by atoms with Gasteiger partial charge in [-0.1, -0.05) is 5.21 Å². The van der Waals surface area contributed by atoms with Crippen LogP contribution in [0.4, 0.5) is 0 Å². The number of aliphatic hydroxyl groups is 1. The number of methoxy groups -OCH3 is 1. The SMILES string of the molecule is COc1ccc2c(c1)C=C(CN1C[C@H]3C[C@@H](n4cc(C5CC5)nn4)[C@H](O)C[C@H]3C1)CO2. The normalized spacial score (nSPS) is 30.3. The third kappa shape index (κ3) is 3.74. The number of hydrogen-bond acceptors (Lipinski definition) is 6. The highest BCUT2D eigenvalue weighted by atomic mass is 16.5. The zero-order chi connectivity index (χ0) is 20.9. The minimum absolute atomic E-state index is 0.0535. The average molecular weight is 423 g/mol. The summed E-state index contributed by atoms with van der Waals surface area (Å²) in [5.41, 5.74) is 3.48. The predicted octanol–water partition coefficient (Wildman–Crippen LogP) is 2.88. The monoisotopic (exact) mass is 422 g/mol. The lowest BCUT2D eigenvalue weighted by Crippen LogP contribution is -2.36. The Morgan fingerprint density at radius 3 is 2.84 bits per heavy atom. The van der Waals surface area contributed by atoms with Crippen molar-refractivity contribution in [3.05, 3.63) is 41.2 Å². The summed E-state index contributed by atoms with van der Waals surface area (Å²) in [6.07, 6.45) is 8.26. The van der Waals surface area contributed by atoms with E-state index in [9.17, 15) is 5.11 Å². The van der Waals surface area contributed by atoms with Gasteiger partial charge in [-0.2, -0.15) is 0 Å². The minimum atomic E-state index is -0.341. The van der Waals surface area contributed by atoms with Crippen LogP contribution in [0.3, 0.4) is 0 Å². The molecule has 4 atom stereocenters.